The fourth-order valence-electron chi connectivity index (χ4n) is 2.47. The first-order valence-electron chi connectivity index (χ1n) is 7.54. The maximum atomic E-state index is 12.0. The second-order valence-electron chi connectivity index (χ2n) is 6.63. The van der Waals surface area contributed by atoms with Gasteiger partial charge >= 0.3 is 12.1 Å². The molecule has 0 aromatic rings. The van der Waals surface area contributed by atoms with E-state index in [0.717, 1.165) is 12.8 Å². The van der Waals surface area contributed by atoms with Gasteiger partial charge in [-0.1, -0.05) is 12.2 Å². The molecular formula is C16H26ClNO4. The summed E-state index contributed by atoms with van der Waals surface area (Å²) >= 11 is 5.62. The van der Waals surface area contributed by atoms with Crippen LogP contribution in [0.1, 0.15) is 46.5 Å². The molecule has 0 aliphatic heterocycles. The van der Waals surface area contributed by atoms with Gasteiger partial charge in [0.2, 0.25) is 0 Å². The molecule has 0 spiro atoms. The largest absolute Gasteiger partial charge is 0.467 e. The molecule has 1 saturated carbocycles. The van der Waals surface area contributed by atoms with Crippen LogP contribution < -0.4 is 5.32 Å². The molecule has 0 heterocycles. The van der Waals surface area contributed by atoms with Crippen molar-refractivity contribution in [1.29, 1.82) is 0 Å². The van der Waals surface area contributed by atoms with Gasteiger partial charge in [-0.3, -0.25) is 0 Å². The lowest BCUT2D eigenvalue weighted by Gasteiger charge is -2.44. The number of esters is 1. The number of carbonyl (C=O) groups is 2. The van der Waals surface area contributed by atoms with Crippen LogP contribution in [0.25, 0.3) is 0 Å². The first kappa shape index (κ1) is 18.8. The van der Waals surface area contributed by atoms with E-state index >= 15 is 0 Å². The molecular weight excluding hydrogens is 306 g/mol. The highest BCUT2D eigenvalue weighted by molar-refractivity contribution is 6.17. The van der Waals surface area contributed by atoms with Crippen molar-refractivity contribution in [1.82, 2.24) is 5.32 Å². The van der Waals surface area contributed by atoms with Crippen LogP contribution in [0.15, 0.2) is 12.2 Å². The highest BCUT2D eigenvalue weighted by atomic mass is 35.5. The predicted molar refractivity (Wildman–Crippen MR) is 85.9 cm³/mol. The van der Waals surface area contributed by atoms with Crippen LogP contribution >= 0.6 is 11.6 Å². The molecule has 126 valence electrons. The van der Waals surface area contributed by atoms with Crippen molar-refractivity contribution in [3.05, 3.63) is 12.2 Å². The van der Waals surface area contributed by atoms with Crippen LogP contribution in [0.5, 0.6) is 0 Å². The van der Waals surface area contributed by atoms with Crippen molar-refractivity contribution < 1.29 is 19.1 Å². The molecule has 6 heteroatoms. The van der Waals surface area contributed by atoms with Crippen molar-refractivity contribution in [3.63, 3.8) is 0 Å². The number of amides is 1. The second-order valence-corrected chi connectivity index (χ2v) is 7.01. The number of ether oxygens (including phenoxy) is 2. The van der Waals surface area contributed by atoms with Gasteiger partial charge in [0.15, 0.2) is 0 Å². The minimum absolute atomic E-state index is 0.254. The highest BCUT2D eigenvalue weighted by Crippen LogP contribution is 2.40. The number of allylic oxidation sites excluding steroid dienone is 2. The molecule has 5 nitrogen and oxygen atoms in total. The average molecular weight is 332 g/mol. The second kappa shape index (κ2) is 7.86. The Morgan fingerprint density at radius 3 is 2.50 bits per heavy atom. The van der Waals surface area contributed by atoms with Crippen LogP contribution in [-0.2, 0) is 14.3 Å². The lowest BCUT2D eigenvalue weighted by atomic mass is 9.68. The van der Waals surface area contributed by atoms with Gasteiger partial charge in [-0.05, 0) is 52.4 Å². The van der Waals surface area contributed by atoms with Crippen molar-refractivity contribution >= 4 is 23.7 Å². The van der Waals surface area contributed by atoms with Gasteiger partial charge in [-0.25, -0.2) is 9.59 Å². The summed E-state index contributed by atoms with van der Waals surface area (Å²) < 4.78 is 10.1. The summed E-state index contributed by atoms with van der Waals surface area (Å²) in [6.07, 6.45) is 6.45. The number of rotatable bonds is 6. The monoisotopic (exact) mass is 331 g/mol. The first-order chi connectivity index (χ1) is 10.2. The zero-order chi connectivity index (χ0) is 16.8. The Morgan fingerprint density at radius 2 is 2.00 bits per heavy atom. The smallest absolute Gasteiger partial charge is 0.408 e. The first-order valence-corrected chi connectivity index (χ1v) is 8.08. The molecule has 0 atom stereocenters. The summed E-state index contributed by atoms with van der Waals surface area (Å²) in [5.74, 6) is 0.467. The van der Waals surface area contributed by atoms with Crippen LogP contribution in [0.2, 0.25) is 0 Å². The fraction of sp³-hybridized carbons (Fsp3) is 0.750. The standard InChI is InChI=1S/C16H26ClNO4/c1-15(2,3)22-14(20)18-16(13(19)21-4)10-12(11-16)8-6-5-7-9-17/h6,8,12H,5,7,9-11H2,1-4H3,(H,18,20). The van der Waals surface area contributed by atoms with E-state index in [9.17, 15) is 9.59 Å². The Hall–Kier alpha value is -1.23. The van der Waals surface area contributed by atoms with Crippen molar-refractivity contribution in [2.45, 2.75) is 57.6 Å². The predicted octanol–water partition coefficient (Wildman–Crippen LogP) is 3.41. The van der Waals surface area contributed by atoms with Gasteiger partial charge in [0, 0.05) is 5.88 Å². The number of alkyl halides is 1. The van der Waals surface area contributed by atoms with Crippen LogP contribution in [0.4, 0.5) is 4.79 Å². The number of hydrogen-bond donors (Lipinski definition) is 1. The summed E-state index contributed by atoms with van der Waals surface area (Å²) in [5, 5.41) is 2.68. The summed E-state index contributed by atoms with van der Waals surface area (Å²) in [5.41, 5.74) is -1.58. The number of carbonyl (C=O) groups excluding carboxylic acids is 2. The van der Waals surface area contributed by atoms with E-state index in [-0.39, 0.29) is 5.92 Å². The van der Waals surface area contributed by atoms with E-state index < -0.39 is 23.2 Å². The molecule has 0 aromatic carbocycles. The summed E-state index contributed by atoms with van der Waals surface area (Å²) in [7, 11) is 1.32. The Bertz CT molecular complexity index is 422. The zero-order valence-corrected chi connectivity index (χ0v) is 14.5. The number of unbranched alkanes of at least 4 members (excludes halogenated alkanes) is 1. The molecule has 0 radical (unpaired) electrons. The highest BCUT2D eigenvalue weighted by Gasteiger charge is 2.52. The number of nitrogens with one attached hydrogen (secondary N) is 1. The molecule has 1 rings (SSSR count). The molecule has 0 bridgehead atoms. The van der Waals surface area contributed by atoms with Crippen molar-refractivity contribution in [2.24, 2.45) is 5.92 Å². The summed E-state index contributed by atoms with van der Waals surface area (Å²) in [6.45, 7) is 5.34. The SMILES string of the molecule is COC(=O)C1(NC(=O)OC(C)(C)C)CC(C=CCCCCl)C1. The van der Waals surface area contributed by atoms with E-state index in [1.165, 1.54) is 7.11 Å². The van der Waals surface area contributed by atoms with E-state index in [4.69, 9.17) is 21.1 Å². The fourth-order valence-corrected chi connectivity index (χ4v) is 2.62. The van der Waals surface area contributed by atoms with Gasteiger partial charge in [0.05, 0.1) is 7.11 Å². The van der Waals surface area contributed by atoms with Gasteiger partial charge in [0.1, 0.15) is 11.1 Å². The normalized spacial score (nSPS) is 24.7. The Kier molecular flexibility index (Phi) is 6.72. The molecule has 1 aliphatic rings. The number of hydrogen-bond acceptors (Lipinski definition) is 4. The van der Waals surface area contributed by atoms with Crippen LogP contribution in [-0.4, -0.2) is 36.2 Å². The Morgan fingerprint density at radius 1 is 1.36 bits per heavy atom. The van der Waals surface area contributed by atoms with E-state index in [1.54, 1.807) is 20.8 Å². The lowest BCUT2D eigenvalue weighted by Crippen LogP contribution is -2.63. The minimum Gasteiger partial charge on any atom is -0.467 e. The van der Waals surface area contributed by atoms with Gasteiger partial charge in [-0.2, -0.15) is 0 Å². The third-order valence-corrected chi connectivity index (χ3v) is 3.72. The number of methoxy groups -OCH3 is 1. The third kappa shape index (κ3) is 5.52. The van der Waals surface area contributed by atoms with Gasteiger partial charge in [-0.15, -0.1) is 11.6 Å². The van der Waals surface area contributed by atoms with E-state index in [1.807, 2.05) is 0 Å². The van der Waals surface area contributed by atoms with Crippen molar-refractivity contribution in [3.8, 4) is 0 Å². The lowest BCUT2D eigenvalue weighted by molar-refractivity contribution is -0.154. The zero-order valence-electron chi connectivity index (χ0n) is 13.8. The molecule has 22 heavy (non-hydrogen) atoms. The van der Waals surface area contributed by atoms with E-state index in [2.05, 4.69) is 17.5 Å². The molecule has 0 saturated heterocycles. The molecule has 1 aliphatic carbocycles. The molecule has 0 unspecified atom stereocenters. The van der Waals surface area contributed by atoms with Crippen LogP contribution in [0.3, 0.4) is 0 Å². The molecule has 0 aromatic heterocycles. The van der Waals surface area contributed by atoms with Gasteiger partial charge < -0.3 is 14.8 Å². The average Bonchev–Trinajstić information content (AvgIpc) is 2.36. The van der Waals surface area contributed by atoms with Crippen LogP contribution in [0, 0.1) is 5.92 Å². The van der Waals surface area contributed by atoms with Gasteiger partial charge in [0.25, 0.3) is 0 Å². The summed E-state index contributed by atoms with van der Waals surface area (Å²) in [6, 6.07) is 0. The quantitative estimate of drug-likeness (QED) is 0.350. The maximum Gasteiger partial charge on any atom is 0.408 e. The number of halogens is 1. The Balaban J connectivity index is 2.59. The van der Waals surface area contributed by atoms with E-state index in [0.29, 0.717) is 18.7 Å². The van der Waals surface area contributed by atoms with Crippen molar-refractivity contribution in [2.75, 3.05) is 13.0 Å². The molecule has 1 amide bonds. The third-order valence-electron chi connectivity index (χ3n) is 3.45. The molecule has 1 fully saturated rings. The topological polar surface area (TPSA) is 64.6 Å². The molecule has 1 N–H and O–H groups in total. The maximum absolute atomic E-state index is 12.0. The number of alkyl carbamates (subject to hydrolysis) is 1. The Labute approximate surface area is 137 Å². The minimum atomic E-state index is -0.974. The summed E-state index contributed by atoms with van der Waals surface area (Å²) in [4.78, 5) is 23.9.